The summed E-state index contributed by atoms with van der Waals surface area (Å²) in [6.45, 7) is 2.97. The maximum Gasteiger partial charge on any atom is 0.0900 e. The minimum absolute atomic E-state index is 0.556. The second-order valence-electron chi connectivity index (χ2n) is 5.58. The predicted octanol–water partition coefficient (Wildman–Crippen LogP) is 2.53. The molecule has 20 heavy (non-hydrogen) atoms. The van der Waals surface area contributed by atoms with Crippen molar-refractivity contribution >= 4 is 35.3 Å². The van der Waals surface area contributed by atoms with Gasteiger partial charge in [0.05, 0.1) is 38.1 Å². The van der Waals surface area contributed by atoms with Crippen LogP contribution in [0, 0.1) is 0 Å². The second kappa shape index (κ2) is 8.53. The lowest BCUT2D eigenvalue weighted by Gasteiger charge is -2.15. The van der Waals surface area contributed by atoms with Crippen molar-refractivity contribution in [1.82, 2.24) is 0 Å². The van der Waals surface area contributed by atoms with Crippen molar-refractivity contribution in [2.75, 3.05) is 48.6 Å². The van der Waals surface area contributed by atoms with Crippen LogP contribution in [0.15, 0.2) is 0 Å². The summed E-state index contributed by atoms with van der Waals surface area (Å²) in [5.74, 6) is 6.13. The van der Waals surface area contributed by atoms with E-state index in [0.717, 1.165) is 25.1 Å². The van der Waals surface area contributed by atoms with Gasteiger partial charge in [-0.1, -0.05) is 0 Å². The van der Waals surface area contributed by atoms with Gasteiger partial charge in [0.25, 0.3) is 0 Å². The Bertz CT molecular complexity index is 281. The van der Waals surface area contributed by atoms with Gasteiger partial charge in [0.2, 0.25) is 0 Å². The molecule has 0 aliphatic carbocycles. The molecule has 3 fully saturated rings. The van der Waals surface area contributed by atoms with Crippen molar-refractivity contribution in [1.29, 1.82) is 0 Å². The summed E-state index contributed by atoms with van der Waals surface area (Å²) >= 11 is 6.25. The highest BCUT2D eigenvalue weighted by Crippen LogP contribution is 2.28. The fraction of sp³-hybridized carbons (Fsp3) is 1.00. The molecule has 0 aromatic rings. The zero-order valence-electron chi connectivity index (χ0n) is 11.8. The molecule has 0 saturated carbocycles. The molecule has 4 atom stereocenters. The van der Waals surface area contributed by atoms with Crippen LogP contribution >= 0.6 is 35.3 Å². The lowest BCUT2D eigenvalue weighted by Crippen LogP contribution is -2.11. The molecule has 6 heteroatoms. The van der Waals surface area contributed by atoms with Crippen molar-refractivity contribution in [2.45, 2.75) is 36.4 Å². The van der Waals surface area contributed by atoms with Crippen LogP contribution in [0.5, 0.6) is 0 Å². The van der Waals surface area contributed by atoms with E-state index in [1.807, 2.05) is 0 Å². The zero-order chi connectivity index (χ0) is 13.6. The zero-order valence-corrected chi connectivity index (χ0v) is 14.3. The minimum atomic E-state index is 0.556. The third-order valence-electron chi connectivity index (χ3n) is 3.45. The standard InChI is InChI=1S/C14H24O3S3/c1(3-18-7-11-4-15-11)2-14(20-9-13-6-17-13)10-19-8-12-5-16-12/h11-14H,1-10H2. The largest absolute Gasteiger partial charge is 0.372 e. The third-order valence-corrected chi connectivity index (χ3v) is 7.53. The van der Waals surface area contributed by atoms with E-state index in [2.05, 4.69) is 35.3 Å². The summed E-state index contributed by atoms with van der Waals surface area (Å²) in [6, 6.07) is 0. The molecule has 3 heterocycles. The van der Waals surface area contributed by atoms with Gasteiger partial charge in [0, 0.05) is 28.3 Å². The van der Waals surface area contributed by atoms with Crippen LogP contribution in [0.25, 0.3) is 0 Å². The van der Waals surface area contributed by atoms with E-state index in [1.165, 1.54) is 41.6 Å². The van der Waals surface area contributed by atoms with Gasteiger partial charge in [-0.15, -0.1) is 0 Å². The predicted molar refractivity (Wildman–Crippen MR) is 89.4 cm³/mol. The minimum Gasteiger partial charge on any atom is -0.372 e. The molecule has 116 valence electrons. The highest BCUT2D eigenvalue weighted by molar-refractivity contribution is 8.03. The van der Waals surface area contributed by atoms with Crippen molar-refractivity contribution in [2.24, 2.45) is 0 Å². The van der Waals surface area contributed by atoms with Crippen molar-refractivity contribution in [3.8, 4) is 0 Å². The van der Waals surface area contributed by atoms with E-state index >= 15 is 0 Å². The van der Waals surface area contributed by atoms with E-state index in [4.69, 9.17) is 14.2 Å². The van der Waals surface area contributed by atoms with E-state index in [1.54, 1.807) is 0 Å². The molecule has 0 spiro atoms. The summed E-state index contributed by atoms with van der Waals surface area (Å²) in [5, 5.41) is 0.792. The van der Waals surface area contributed by atoms with Crippen LogP contribution in [0.2, 0.25) is 0 Å². The molecular weight excluding hydrogens is 312 g/mol. The number of hydrogen-bond donors (Lipinski definition) is 0. The smallest absolute Gasteiger partial charge is 0.0900 e. The van der Waals surface area contributed by atoms with Crippen LogP contribution in [0.3, 0.4) is 0 Å². The average molecular weight is 337 g/mol. The topological polar surface area (TPSA) is 37.6 Å². The maximum absolute atomic E-state index is 5.32. The number of ether oxygens (including phenoxy) is 3. The van der Waals surface area contributed by atoms with Gasteiger partial charge < -0.3 is 14.2 Å². The first-order valence-electron chi connectivity index (χ1n) is 7.52. The SMILES string of the molecule is C(CSCC1CO1)CC(CSCC1CO1)SCC1CO1. The normalized spacial score (nSPS) is 32.1. The first-order valence-corrected chi connectivity index (χ1v) is 10.9. The maximum atomic E-state index is 5.32. The van der Waals surface area contributed by atoms with Crippen molar-refractivity contribution in [3.05, 3.63) is 0 Å². The first-order chi connectivity index (χ1) is 9.90. The Morgan fingerprint density at radius 3 is 2.10 bits per heavy atom. The van der Waals surface area contributed by atoms with Gasteiger partial charge in [-0.25, -0.2) is 0 Å². The summed E-state index contributed by atoms with van der Waals surface area (Å²) < 4.78 is 15.8. The molecule has 3 rings (SSSR count). The Labute approximate surface area is 134 Å². The summed E-state index contributed by atoms with van der Waals surface area (Å²) in [7, 11) is 0. The van der Waals surface area contributed by atoms with Crippen LogP contribution in [0.4, 0.5) is 0 Å². The highest BCUT2D eigenvalue weighted by atomic mass is 32.2. The average Bonchev–Trinajstić information content (AvgIpc) is 3.26. The number of hydrogen-bond acceptors (Lipinski definition) is 6. The fourth-order valence-electron chi connectivity index (χ4n) is 1.91. The summed E-state index contributed by atoms with van der Waals surface area (Å²) in [5.41, 5.74) is 0. The van der Waals surface area contributed by atoms with Gasteiger partial charge in [-0.05, 0) is 18.6 Å². The van der Waals surface area contributed by atoms with Crippen LogP contribution < -0.4 is 0 Å². The van der Waals surface area contributed by atoms with Crippen LogP contribution in [-0.2, 0) is 14.2 Å². The van der Waals surface area contributed by atoms with Crippen LogP contribution in [-0.4, -0.2) is 72.1 Å². The number of thioether (sulfide) groups is 3. The molecule has 0 N–H and O–H groups in total. The van der Waals surface area contributed by atoms with Gasteiger partial charge in [-0.2, -0.15) is 35.3 Å². The number of epoxide rings is 3. The molecule has 3 aliphatic heterocycles. The molecule has 4 unspecified atom stereocenters. The van der Waals surface area contributed by atoms with E-state index in [9.17, 15) is 0 Å². The molecule has 3 nitrogen and oxygen atoms in total. The van der Waals surface area contributed by atoms with Crippen molar-refractivity contribution < 1.29 is 14.2 Å². The fourth-order valence-corrected chi connectivity index (χ4v) is 5.61. The van der Waals surface area contributed by atoms with Gasteiger partial charge >= 0.3 is 0 Å². The molecule has 3 saturated heterocycles. The highest BCUT2D eigenvalue weighted by Gasteiger charge is 2.26. The Balaban J connectivity index is 1.23. The lowest BCUT2D eigenvalue weighted by molar-refractivity contribution is 0.425. The van der Waals surface area contributed by atoms with E-state index in [0.29, 0.717) is 18.3 Å². The Morgan fingerprint density at radius 2 is 1.45 bits per heavy atom. The molecule has 0 aromatic heterocycles. The second-order valence-corrected chi connectivity index (χ2v) is 9.13. The molecule has 0 radical (unpaired) electrons. The quantitative estimate of drug-likeness (QED) is 0.380. The van der Waals surface area contributed by atoms with Gasteiger partial charge in [-0.3, -0.25) is 0 Å². The molecular formula is C14H24O3S3. The van der Waals surface area contributed by atoms with E-state index in [-0.39, 0.29) is 0 Å². The molecule has 0 aromatic carbocycles. The lowest BCUT2D eigenvalue weighted by atomic mass is 10.3. The first kappa shape index (κ1) is 15.8. The Hall–Kier alpha value is 0.930. The molecule has 0 bridgehead atoms. The van der Waals surface area contributed by atoms with Gasteiger partial charge in [0.1, 0.15) is 0 Å². The van der Waals surface area contributed by atoms with Gasteiger partial charge in [0.15, 0.2) is 0 Å². The van der Waals surface area contributed by atoms with E-state index < -0.39 is 0 Å². The van der Waals surface area contributed by atoms with Crippen LogP contribution in [0.1, 0.15) is 12.8 Å². The third kappa shape index (κ3) is 7.27. The Morgan fingerprint density at radius 1 is 0.850 bits per heavy atom. The summed E-state index contributed by atoms with van der Waals surface area (Å²) in [4.78, 5) is 0. The molecule has 3 aliphatic rings. The van der Waals surface area contributed by atoms with Crippen molar-refractivity contribution in [3.63, 3.8) is 0 Å². The molecule has 0 amide bonds. The monoisotopic (exact) mass is 336 g/mol. The Kier molecular flexibility index (Phi) is 6.75. The summed E-state index contributed by atoms with van der Waals surface area (Å²) in [6.07, 6.45) is 4.37. The number of rotatable bonds is 13.